The molecule has 8 nitrogen and oxygen atoms in total. The largest absolute Gasteiger partial charge is 0.494 e. The molecule has 1 fully saturated rings. The number of hydrogen-bond donors (Lipinski definition) is 1. The van der Waals surface area contributed by atoms with Gasteiger partial charge in [-0.1, -0.05) is 17.7 Å². The van der Waals surface area contributed by atoms with Gasteiger partial charge in [0.25, 0.3) is 0 Å². The van der Waals surface area contributed by atoms with Crippen molar-refractivity contribution in [1.82, 2.24) is 14.3 Å². The van der Waals surface area contributed by atoms with Gasteiger partial charge in [-0.2, -0.15) is 9.29 Å². The summed E-state index contributed by atoms with van der Waals surface area (Å²) in [7, 11) is -2.47. The van der Waals surface area contributed by atoms with E-state index in [1.165, 1.54) is 23.5 Å². The number of piperazine rings is 1. The van der Waals surface area contributed by atoms with Crippen LogP contribution in [0.2, 0.25) is 0 Å². The summed E-state index contributed by atoms with van der Waals surface area (Å²) in [6.07, 6.45) is 0. The van der Waals surface area contributed by atoms with Crippen molar-refractivity contribution in [1.29, 1.82) is 0 Å². The summed E-state index contributed by atoms with van der Waals surface area (Å²) in [5, 5.41) is 3.22. The lowest BCUT2D eigenvalue weighted by Crippen LogP contribution is -2.49. The van der Waals surface area contributed by atoms with E-state index in [1.54, 1.807) is 0 Å². The third-order valence-electron chi connectivity index (χ3n) is 5.47. The summed E-state index contributed by atoms with van der Waals surface area (Å²) in [5.74, 6) is 0.512. The fourth-order valence-electron chi connectivity index (χ4n) is 3.65. The van der Waals surface area contributed by atoms with Gasteiger partial charge in [-0.3, -0.25) is 0 Å². The Bertz CT molecular complexity index is 1240. The molecule has 33 heavy (non-hydrogen) atoms. The highest BCUT2D eigenvalue weighted by molar-refractivity contribution is 7.89. The lowest BCUT2D eigenvalue weighted by atomic mass is 10.2. The molecule has 1 aliphatic rings. The topological polar surface area (TPSA) is 87.7 Å². The number of nitrogens with one attached hydrogen (secondary N) is 1. The predicted molar refractivity (Wildman–Crippen MR) is 125 cm³/mol. The van der Waals surface area contributed by atoms with Crippen molar-refractivity contribution in [3.05, 3.63) is 65.6 Å². The van der Waals surface area contributed by atoms with E-state index in [9.17, 15) is 12.8 Å². The predicted octanol–water partition coefficient (Wildman–Crippen LogP) is 3.50. The molecule has 2 aromatic carbocycles. The number of rotatable bonds is 6. The van der Waals surface area contributed by atoms with Crippen LogP contribution in [0.1, 0.15) is 11.3 Å². The molecule has 0 spiro atoms. The lowest BCUT2D eigenvalue weighted by Gasteiger charge is -2.34. The molecule has 1 aliphatic heterocycles. The van der Waals surface area contributed by atoms with Crippen LogP contribution in [-0.2, 0) is 10.0 Å². The number of halogens is 1. The lowest BCUT2D eigenvalue weighted by molar-refractivity contribution is 0.379. The standard InChI is InChI=1S/C23H26FN5O3S/c1-16-4-6-18(7-5-16)26-23-25-17(2)14-22(27-23)28-10-12-29(13-11-28)33(30,31)19-8-9-21(32-3)20(24)15-19/h4-9,14-15H,10-13H2,1-3H3,(H,25,26,27). The van der Waals surface area contributed by atoms with Crippen LogP contribution in [0.15, 0.2) is 53.4 Å². The minimum absolute atomic E-state index is 0.00736. The highest BCUT2D eigenvalue weighted by Crippen LogP contribution is 2.25. The maximum absolute atomic E-state index is 14.0. The number of sulfonamides is 1. The molecule has 1 aromatic heterocycles. The Kier molecular flexibility index (Phi) is 6.48. The summed E-state index contributed by atoms with van der Waals surface area (Å²) in [4.78, 5) is 11.0. The maximum Gasteiger partial charge on any atom is 0.243 e. The van der Waals surface area contributed by atoms with E-state index in [0.29, 0.717) is 19.0 Å². The molecule has 0 amide bonds. The second-order valence-electron chi connectivity index (χ2n) is 7.87. The molecule has 2 heterocycles. The first-order valence-electron chi connectivity index (χ1n) is 10.5. The summed E-state index contributed by atoms with van der Waals surface area (Å²) in [5.41, 5.74) is 2.86. The van der Waals surface area contributed by atoms with Gasteiger partial charge in [0.2, 0.25) is 16.0 Å². The number of methoxy groups -OCH3 is 1. The highest BCUT2D eigenvalue weighted by Gasteiger charge is 2.30. The van der Waals surface area contributed by atoms with Gasteiger partial charge in [-0.05, 0) is 44.2 Å². The van der Waals surface area contributed by atoms with Crippen molar-refractivity contribution in [3.8, 4) is 5.75 Å². The van der Waals surface area contributed by atoms with Crippen molar-refractivity contribution >= 4 is 27.5 Å². The van der Waals surface area contributed by atoms with Crippen LogP contribution in [0.4, 0.5) is 21.8 Å². The second-order valence-corrected chi connectivity index (χ2v) is 9.81. The fourth-order valence-corrected chi connectivity index (χ4v) is 5.08. The average molecular weight is 472 g/mol. The number of aromatic nitrogens is 2. The van der Waals surface area contributed by atoms with E-state index in [1.807, 2.05) is 49.1 Å². The highest BCUT2D eigenvalue weighted by atomic mass is 32.2. The van der Waals surface area contributed by atoms with Gasteiger partial charge < -0.3 is 15.0 Å². The molecule has 0 radical (unpaired) electrons. The molecule has 174 valence electrons. The number of nitrogens with zero attached hydrogens (tertiary/aromatic N) is 4. The Morgan fingerprint density at radius 1 is 0.970 bits per heavy atom. The number of aryl methyl sites for hydroxylation is 2. The summed E-state index contributed by atoms with van der Waals surface area (Å²) in [6.45, 7) is 5.36. The molecule has 0 bridgehead atoms. The van der Waals surface area contributed by atoms with E-state index in [4.69, 9.17) is 4.74 Å². The fraction of sp³-hybridized carbons (Fsp3) is 0.304. The van der Waals surface area contributed by atoms with Crippen molar-refractivity contribution in [2.24, 2.45) is 0 Å². The van der Waals surface area contributed by atoms with E-state index < -0.39 is 15.8 Å². The van der Waals surface area contributed by atoms with Crippen LogP contribution >= 0.6 is 0 Å². The van der Waals surface area contributed by atoms with Crippen molar-refractivity contribution in [3.63, 3.8) is 0 Å². The zero-order valence-electron chi connectivity index (χ0n) is 18.7. The minimum Gasteiger partial charge on any atom is -0.494 e. The van der Waals surface area contributed by atoms with E-state index >= 15 is 0 Å². The number of hydrogen-bond acceptors (Lipinski definition) is 7. The minimum atomic E-state index is -3.81. The van der Waals surface area contributed by atoms with Crippen molar-refractivity contribution in [2.75, 3.05) is 43.5 Å². The van der Waals surface area contributed by atoms with Gasteiger partial charge in [0, 0.05) is 43.6 Å². The van der Waals surface area contributed by atoms with Crippen LogP contribution in [0.25, 0.3) is 0 Å². The Balaban J connectivity index is 1.46. The summed E-state index contributed by atoms with van der Waals surface area (Å²) in [6, 6.07) is 13.5. The van der Waals surface area contributed by atoms with Crippen LogP contribution in [0.5, 0.6) is 5.75 Å². The van der Waals surface area contributed by atoms with E-state index in [0.717, 1.165) is 28.8 Å². The van der Waals surface area contributed by atoms with Gasteiger partial charge in [0.15, 0.2) is 11.6 Å². The zero-order chi connectivity index (χ0) is 23.6. The third-order valence-corrected chi connectivity index (χ3v) is 7.37. The van der Waals surface area contributed by atoms with Crippen molar-refractivity contribution < 1.29 is 17.5 Å². The number of benzene rings is 2. The monoisotopic (exact) mass is 471 g/mol. The van der Waals surface area contributed by atoms with Gasteiger partial charge >= 0.3 is 0 Å². The van der Waals surface area contributed by atoms with Crippen LogP contribution in [0.3, 0.4) is 0 Å². The van der Waals surface area contributed by atoms with Crippen LogP contribution < -0.4 is 15.0 Å². The molecule has 4 rings (SSSR count). The molecule has 3 aromatic rings. The third kappa shape index (κ3) is 5.07. The molecular weight excluding hydrogens is 445 g/mol. The van der Waals surface area contributed by atoms with Crippen LogP contribution in [0, 0.1) is 19.7 Å². The zero-order valence-corrected chi connectivity index (χ0v) is 19.6. The Morgan fingerprint density at radius 2 is 1.67 bits per heavy atom. The first kappa shape index (κ1) is 22.9. The first-order chi connectivity index (χ1) is 15.8. The molecule has 1 N–H and O–H groups in total. The van der Waals surface area contributed by atoms with Gasteiger partial charge in [-0.15, -0.1) is 0 Å². The van der Waals surface area contributed by atoms with Gasteiger partial charge in [-0.25, -0.2) is 17.8 Å². The number of ether oxygens (including phenoxy) is 1. The molecular formula is C23H26FN5O3S. The summed E-state index contributed by atoms with van der Waals surface area (Å²) < 4.78 is 46.3. The Labute approximate surface area is 193 Å². The smallest absolute Gasteiger partial charge is 0.243 e. The molecule has 0 saturated carbocycles. The maximum atomic E-state index is 14.0. The summed E-state index contributed by atoms with van der Waals surface area (Å²) >= 11 is 0. The van der Waals surface area contributed by atoms with Crippen LogP contribution in [-0.4, -0.2) is 56.0 Å². The van der Waals surface area contributed by atoms with E-state index in [2.05, 4.69) is 15.3 Å². The van der Waals surface area contributed by atoms with Gasteiger partial charge in [0.05, 0.1) is 12.0 Å². The normalized spacial score (nSPS) is 14.8. The van der Waals surface area contributed by atoms with E-state index in [-0.39, 0.29) is 23.7 Å². The Morgan fingerprint density at radius 3 is 2.30 bits per heavy atom. The second kappa shape index (κ2) is 9.32. The van der Waals surface area contributed by atoms with Crippen molar-refractivity contribution in [2.45, 2.75) is 18.7 Å². The number of anilines is 3. The quantitative estimate of drug-likeness (QED) is 0.589. The molecule has 1 saturated heterocycles. The Hall–Kier alpha value is -3.24. The molecule has 10 heteroatoms. The molecule has 0 unspecified atom stereocenters. The molecule has 0 aliphatic carbocycles. The SMILES string of the molecule is COc1ccc(S(=O)(=O)N2CCN(c3cc(C)nc(Nc4ccc(C)cc4)n3)CC2)cc1F. The molecule has 0 atom stereocenters. The average Bonchev–Trinajstić information content (AvgIpc) is 2.80. The first-order valence-corrected chi connectivity index (χ1v) is 12.0. The van der Waals surface area contributed by atoms with Gasteiger partial charge in [0.1, 0.15) is 5.82 Å².